The molecule has 6 nitrogen and oxygen atoms in total. The number of anilines is 1. The van der Waals surface area contributed by atoms with Crippen molar-refractivity contribution < 1.29 is 19.1 Å². The van der Waals surface area contributed by atoms with Crippen molar-refractivity contribution in [2.24, 2.45) is 0 Å². The highest BCUT2D eigenvalue weighted by Gasteiger charge is 2.11. The number of carbonyl (C=O) groups excluding carboxylic acids is 3. The van der Waals surface area contributed by atoms with Gasteiger partial charge in [-0.25, -0.2) is 4.79 Å². The van der Waals surface area contributed by atoms with Gasteiger partial charge in [-0.2, -0.15) is 0 Å². The van der Waals surface area contributed by atoms with Crippen molar-refractivity contribution >= 4 is 23.5 Å². The van der Waals surface area contributed by atoms with Crippen molar-refractivity contribution in [3.05, 3.63) is 65.2 Å². The predicted octanol–water partition coefficient (Wildman–Crippen LogP) is 2.47. The van der Waals surface area contributed by atoms with Gasteiger partial charge in [-0.1, -0.05) is 36.4 Å². The molecule has 26 heavy (non-hydrogen) atoms. The molecule has 0 atom stereocenters. The van der Waals surface area contributed by atoms with E-state index >= 15 is 0 Å². The molecule has 2 N–H and O–H groups in total. The molecule has 0 unspecified atom stereocenters. The Hall–Kier alpha value is -3.15. The van der Waals surface area contributed by atoms with Gasteiger partial charge in [0.1, 0.15) is 0 Å². The van der Waals surface area contributed by atoms with Crippen molar-refractivity contribution in [1.29, 1.82) is 0 Å². The zero-order valence-corrected chi connectivity index (χ0v) is 14.9. The SMILES string of the molecule is COC(=O)c1ccc(C)c(NC(=O)CCNC(=O)Cc2ccccc2)c1. The number of carbonyl (C=O) groups is 3. The van der Waals surface area contributed by atoms with Gasteiger partial charge in [-0.15, -0.1) is 0 Å². The van der Waals surface area contributed by atoms with Gasteiger partial charge in [0.25, 0.3) is 0 Å². The summed E-state index contributed by atoms with van der Waals surface area (Å²) in [7, 11) is 1.30. The predicted molar refractivity (Wildman–Crippen MR) is 98.9 cm³/mol. The maximum Gasteiger partial charge on any atom is 0.337 e. The Kier molecular flexibility index (Phi) is 6.91. The number of esters is 1. The van der Waals surface area contributed by atoms with Crippen LogP contribution >= 0.6 is 0 Å². The van der Waals surface area contributed by atoms with Gasteiger partial charge in [0.2, 0.25) is 11.8 Å². The van der Waals surface area contributed by atoms with Crippen LogP contribution in [0.2, 0.25) is 0 Å². The third kappa shape index (κ3) is 5.73. The maximum absolute atomic E-state index is 12.1. The molecule has 0 radical (unpaired) electrons. The van der Waals surface area contributed by atoms with E-state index in [0.29, 0.717) is 11.3 Å². The monoisotopic (exact) mass is 354 g/mol. The van der Waals surface area contributed by atoms with Crippen LogP contribution in [0.1, 0.15) is 27.9 Å². The van der Waals surface area contributed by atoms with E-state index in [2.05, 4.69) is 15.4 Å². The molecular formula is C20H22N2O4. The number of amides is 2. The van der Waals surface area contributed by atoms with Gasteiger partial charge in [0, 0.05) is 18.7 Å². The second kappa shape index (κ2) is 9.36. The third-order valence-electron chi connectivity index (χ3n) is 3.81. The highest BCUT2D eigenvalue weighted by Crippen LogP contribution is 2.17. The van der Waals surface area contributed by atoms with E-state index in [-0.39, 0.29) is 31.2 Å². The lowest BCUT2D eigenvalue weighted by molar-refractivity contribution is -0.120. The zero-order chi connectivity index (χ0) is 18.9. The molecule has 0 aromatic heterocycles. The molecule has 2 amide bonds. The van der Waals surface area contributed by atoms with Gasteiger partial charge < -0.3 is 15.4 Å². The summed E-state index contributed by atoms with van der Waals surface area (Å²) in [5, 5.41) is 5.48. The van der Waals surface area contributed by atoms with Crippen LogP contribution in [0.25, 0.3) is 0 Å². The Bertz CT molecular complexity index is 788. The van der Waals surface area contributed by atoms with E-state index in [0.717, 1.165) is 11.1 Å². The molecule has 0 spiro atoms. The molecule has 0 saturated heterocycles. The minimum absolute atomic E-state index is 0.132. The van der Waals surface area contributed by atoms with Gasteiger partial charge in [0.15, 0.2) is 0 Å². The number of methoxy groups -OCH3 is 1. The fourth-order valence-corrected chi connectivity index (χ4v) is 2.37. The average Bonchev–Trinajstić information content (AvgIpc) is 2.63. The molecule has 0 aliphatic carbocycles. The largest absolute Gasteiger partial charge is 0.465 e. The van der Waals surface area contributed by atoms with Gasteiger partial charge in [0.05, 0.1) is 19.1 Å². The van der Waals surface area contributed by atoms with E-state index in [1.165, 1.54) is 7.11 Å². The first-order chi connectivity index (χ1) is 12.5. The van der Waals surface area contributed by atoms with Crippen molar-refractivity contribution in [3.63, 3.8) is 0 Å². The van der Waals surface area contributed by atoms with Gasteiger partial charge in [-0.05, 0) is 30.2 Å². The Morgan fingerprint density at radius 3 is 2.42 bits per heavy atom. The number of hydrogen-bond donors (Lipinski definition) is 2. The molecule has 6 heteroatoms. The Labute approximate surface area is 152 Å². The lowest BCUT2D eigenvalue weighted by Crippen LogP contribution is -2.29. The van der Waals surface area contributed by atoms with Gasteiger partial charge in [-0.3, -0.25) is 9.59 Å². The summed E-state index contributed by atoms with van der Waals surface area (Å²) in [5.74, 6) is -0.836. The number of ether oxygens (including phenoxy) is 1. The third-order valence-corrected chi connectivity index (χ3v) is 3.81. The summed E-state index contributed by atoms with van der Waals surface area (Å²) in [6, 6.07) is 14.4. The maximum atomic E-state index is 12.1. The van der Waals surface area contributed by atoms with E-state index < -0.39 is 5.97 Å². The van der Waals surface area contributed by atoms with Crippen LogP contribution in [0.4, 0.5) is 5.69 Å². The van der Waals surface area contributed by atoms with Crippen molar-refractivity contribution in [2.45, 2.75) is 19.8 Å². The van der Waals surface area contributed by atoms with E-state index in [1.54, 1.807) is 18.2 Å². The van der Waals surface area contributed by atoms with E-state index in [1.807, 2.05) is 37.3 Å². The number of hydrogen-bond acceptors (Lipinski definition) is 4. The topological polar surface area (TPSA) is 84.5 Å². The Morgan fingerprint density at radius 1 is 1.00 bits per heavy atom. The minimum Gasteiger partial charge on any atom is -0.465 e. The number of aryl methyl sites for hydroxylation is 1. The standard InChI is InChI=1S/C20H22N2O4/c1-14-8-9-16(20(25)26-2)13-17(14)22-18(23)10-11-21-19(24)12-15-6-4-3-5-7-15/h3-9,13H,10-12H2,1-2H3,(H,21,24)(H,22,23). The van der Waals surface area contributed by atoms with Crippen LogP contribution in [0.3, 0.4) is 0 Å². The summed E-state index contributed by atoms with van der Waals surface area (Å²) in [6.45, 7) is 2.07. The normalized spacial score (nSPS) is 10.1. The highest BCUT2D eigenvalue weighted by molar-refractivity contribution is 5.95. The molecule has 2 rings (SSSR count). The first-order valence-corrected chi connectivity index (χ1v) is 8.29. The molecular weight excluding hydrogens is 332 g/mol. The lowest BCUT2D eigenvalue weighted by atomic mass is 10.1. The zero-order valence-electron chi connectivity index (χ0n) is 14.9. The molecule has 2 aromatic rings. The summed E-state index contributed by atoms with van der Waals surface area (Å²) in [4.78, 5) is 35.5. The second-order valence-electron chi connectivity index (χ2n) is 5.83. The lowest BCUT2D eigenvalue weighted by Gasteiger charge is -2.10. The van der Waals surface area contributed by atoms with E-state index in [4.69, 9.17) is 0 Å². The molecule has 2 aromatic carbocycles. The molecule has 0 bridgehead atoms. The van der Waals surface area contributed by atoms with Crippen LogP contribution in [0, 0.1) is 6.92 Å². The summed E-state index contributed by atoms with van der Waals surface area (Å²) in [5.41, 5.74) is 2.67. The van der Waals surface area contributed by atoms with Gasteiger partial charge >= 0.3 is 5.97 Å². The first kappa shape index (κ1) is 19.2. The molecule has 0 saturated carbocycles. The second-order valence-corrected chi connectivity index (χ2v) is 5.83. The van der Waals surface area contributed by atoms with Crippen molar-refractivity contribution in [2.75, 3.05) is 19.0 Å². The van der Waals surface area contributed by atoms with E-state index in [9.17, 15) is 14.4 Å². The Morgan fingerprint density at radius 2 is 1.73 bits per heavy atom. The van der Waals surface area contributed by atoms with Crippen LogP contribution in [-0.4, -0.2) is 31.4 Å². The van der Waals surface area contributed by atoms with Crippen LogP contribution in [0.15, 0.2) is 48.5 Å². The molecule has 0 aliphatic rings. The average molecular weight is 354 g/mol. The molecule has 0 heterocycles. The highest BCUT2D eigenvalue weighted by atomic mass is 16.5. The van der Waals surface area contributed by atoms with Crippen molar-refractivity contribution in [1.82, 2.24) is 5.32 Å². The van der Waals surface area contributed by atoms with Crippen LogP contribution < -0.4 is 10.6 Å². The summed E-state index contributed by atoms with van der Waals surface area (Å²) >= 11 is 0. The Balaban J connectivity index is 1.82. The molecule has 0 aliphatic heterocycles. The summed E-state index contributed by atoms with van der Waals surface area (Å²) in [6.07, 6.45) is 0.422. The van der Waals surface area contributed by atoms with Crippen LogP contribution in [0.5, 0.6) is 0 Å². The van der Waals surface area contributed by atoms with Crippen molar-refractivity contribution in [3.8, 4) is 0 Å². The van der Waals surface area contributed by atoms with Crippen LogP contribution in [-0.2, 0) is 20.7 Å². The number of rotatable bonds is 7. The molecule has 136 valence electrons. The number of benzene rings is 2. The number of nitrogens with one attached hydrogen (secondary N) is 2. The minimum atomic E-state index is -0.464. The fourth-order valence-electron chi connectivity index (χ4n) is 2.37. The fraction of sp³-hybridized carbons (Fsp3) is 0.250. The quantitative estimate of drug-likeness (QED) is 0.748. The first-order valence-electron chi connectivity index (χ1n) is 8.29. The molecule has 0 fully saturated rings. The summed E-state index contributed by atoms with van der Waals surface area (Å²) < 4.78 is 4.68. The smallest absolute Gasteiger partial charge is 0.337 e.